The largest absolute Gasteiger partial charge is 0.493 e. The van der Waals surface area contributed by atoms with E-state index in [2.05, 4.69) is 0 Å². The van der Waals surface area contributed by atoms with Gasteiger partial charge < -0.3 is 14.2 Å². The number of aryl methyl sites for hydroxylation is 2. The minimum atomic E-state index is -0.977. The van der Waals surface area contributed by atoms with Gasteiger partial charge in [0.2, 0.25) is 5.69 Å². The highest BCUT2D eigenvalue weighted by atomic mass is 16.6. The van der Waals surface area contributed by atoms with E-state index in [-0.39, 0.29) is 6.61 Å². The number of carbonyl (C=O) groups excluding carboxylic acids is 1. The van der Waals surface area contributed by atoms with Crippen LogP contribution in [0.4, 0.5) is 0 Å². The Morgan fingerprint density at radius 2 is 1.97 bits per heavy atom. The Hall–Kier alpha value is -3.71. The van der Waals surface area contributed by atoms with Gasteiger partial charge in [-0.2, -0.15) is 0 Å². The quantitative estimate of drug-likeness (QED) is 0.219. The van der Waals surface area contributed by atoms with Crippen molar-refractivity contribution in [3.63, 3.8) is 0 Å². The second-order valence-corrected chi connectivity index (χ2v) is 10.5. The SMILES string of the molecule is CCOC(=O)[C@@H](OC(C)(C)C)c1c(C)cc2c(ccc(C)[n+]2O)c1-c1ccc2c3c(ccnc13)CCO2. The number of rotatable bonds is 5. The van der Waals surface area contributed by atoms with Crippen LogP contribution in [0, 0.1) is 13.8 Å². The zero-order chi connectivity index (χ0) is 26.5. The number of nitrogens with zero attached hydrogens (tertiary/aromatic N) is 2. The maximum atomic E-state index is 13.4. The Bertz CT molecular complexity index is 1530. The zero-order valence-corrected chi connectivity index (χ0v) is 22.2. The summed E-state index contributed by atoms with van der Waals surface area (Å²) < 4.78 is 19.0. The average Bonchev–Trinajstić information content (AvgIpc) is 2.85. The van der Waals surface area contributed by atoms with Gasteiger partial charge >= 0.3 is 5.97 Å². The number of fused-ring (bicyclic) bond motifs is 1. The van der Waals surface area contributed by atoms with Gasteiger partial charge in [0.1, 0.15) is 5.75 Å². The van der Waals surface area contributed by atoms with Crippen molar-refractivity contribution in [1.82, 2.24) is 4.98 Å². The monoisotopic (exact) mass is 501 g/mol. The molecule has 37 heavy (non-hydrogen) atoms. The Morgan fingerprint density at radius 3 is 2.70 bits per heavy atom. The molecule has 0 unspecified atom stereocenters. The molecule has 0 aliphatic carbocycles. The van der Waals surface area contributed by atoms with E-state index in [0.29, 0.717) is 23.4 Å². The third kappa shape index (κ3) is 4.37. The first-order valence-electron chi connectivity index (χ1n) is 12.7. The van der Waals surface area contributed by atoms with Crippen LogP contribution in [0.3, 0.4) is 0 Å². The van der Waals surface area contributed by atoms with E-state index in [0.717, 1.165) is 45.1 Å². The van der Waals surface area contributed by atoms with Crippen molar-refractivity contribution in [2.45, 2.75) is 59.7 Å². The molecule has 192 valence electrons. The van der Waals surface area contributed by atoms with Crippen LogP contribution in [-0.2, 0) is 20.7 Å². The summed E-state index contributed by atoms with van der Waals surface area (Å²) in [6.07, 6.45) is 1.64. The van der Waals surface area contributed by atoms with Gasteiger partial charge in [-0.05, 0) is 70.0 Å². The molecule has 3 heterocycles. The van der Waals surface area contributed by atoms with Crippen LogP contribution >= 0.6 is 0 Å². The third-order valence-corrected chi connectivity index (χ3v) is 6.72. The molecule has 0 bridgehead atoms. The Morgan fingerprint density at radius 1 is 1.19 bits per heavy atom. The fourth-order valence-electron chi connectivity index (χ4n) is 5.17. The smallest absolute Gasteiger partial charge is 0.339 e. The summed E-state index contributed by atoms with van der Waals surface area (Å²) in [7, 11) is 0. The maximum Gasteiger partial charge on any atom is 0.339 e. The van der Waals surface area contributed by atoms with Gasteiger partial charge in [-0.3, -0.25) is 10.2 Å². The molecule has 0 radical (unpaired) electrons. The highest BCUT2D eigenvalue weighted by Gasteiger charge is 2.35. The molecule has 7 nitrogen and oxygen atoms in total. The molecule has 4 aromatic rings. The van der Waals surface area contributed by atoms with Crippen LogP contribution in [0.1, 0.15) is 56.2 Å². The van der Waals surface area contributed by atoms with E-state index in [1.807, 2.05) is 77.2 Å². The molecule has 0 saturated heterocycles. The van der Waals surface area contributed by atoms with Crippen molar-refractivity contribution >= 4 is 27.8 Å². The van der Waals surface area contributed by atoms with Gasteiger partial charge in [-0.15, -0.1) is 0 Å². The van der Waals surface area contributed by atoms with Crippen molar-refractivity contribution in [3.05, 3.63) is 65.0 Å². The molecule has 2 aromatic carbocycles. The average molecular weight is 502 g/mol. The molecule has 2 aromatic heterocycles. The van der Waals surface area contributed by atoms with Crippen LogP contribution in [0.2, 0.25) is 0 Å². The van der Waals surface area contributed by atoms with E-state index in [1.54, 1.807) is 6.92 Å². The van der Waals surface area contributed by atoms with Crippen LogP contribution in [0.15, 0.2) is 42.6 Å². The van der Waals surface area contributed by atoms with E-state index < -0.39 is 17.7 Å². The number of carbonyl (C=O) groups is 1. The summed E-state index contributed by atoms with van der Waals surface area (Å²) >= 11 is 0. The van der Waals surface area contributed by atoms with Gasteiger partial charge in [0.05, 0.1) is 29.7 Å². The fourth-order valence-corrected chi connectivity index (χ4v) is 5.17. The van der Waals surface area contributed by atoms with Gasteiger partial charge in [-0.25, -0.2) is 4.79 Å². The number of ether oxygens (including phenoxy) is 3. The zero-order valence-electron chi connectivity index (χ0n) is 22.2. The van der Waals surface area contributed by atoms with Gasteiger partial charge in [-0.1, -0.05) is 0 Å². The molecular formula is C30H33N2O5+. The summed E-state index contributed by atoms with van der Waals surface area (Å²) in [4.78, 5) is 18.2. The van der Waals surface area contributed by atoms with Crippen LogP contribution in [-0.4, -0.2) is 35.0 Å². The standard InChI is InChI=1S/C30H33N2O5/c1-7-35-29(33)28(37-30(4,5)6)24-17(2)16-22-20(9-8-18(3)32(22)34)26(24)21-10-11-23-25-19(13-15-36-23)12-14-31-27(21)25/h8-12,14,16,28,34H,7,13,15H2,1-6H3/q+1/t28-/m0/s1. The topological polar surface area (TPSA) is 81.8 Å². The minimum Gasteiger partial charge on any atom is -0.493 e. The Kier molecular flexibility index (Phi) is 6.28. The lowest BCUT2D eigenvalue weighted by Crippen LogP contribution is -2.35. The van der Waals surface area contributed by atoms with Crippen molar-refractivity contribution in [3.8, 4) is 16.9 Å². The molecule has 0 fully saturated rings. The predicted molar refractivity (Wildman–Crippen MR) is 141 cm³/mol. The van der Waals surface area contributed by atoms with E-state index in [1.165, 1.54) is 10.3 Å². The summed E-state index contributed by atoms with van der Waals surface area (Å²) in [6, 6.07) is 11.7. The minimum absolute atomic E-state index is 0.237. The molecule has 1 aliphatic rings. The van der Waals surface area contributed by atoms with Crippen LogP contribution in [0.5, 0.6) is 5.75 Å². The van der Waals surface area contributed by atoms with Crippen LogP contribution in [0.25, 0.3) is 32.9 Å². The van der Waals surface area contributed by atoms with Gasteiger partial charge in [0.25, 0.3) is 5.52 Å². The van der Waals surface area contributed by atoms with E-state index in [9.17, 15) is 10.0 Å². The molecule has 1 N–H and O–H groups in total. The number of benzene rings is 2. The van der Waals surface area contributed by atoms with Crippen molar-refractivity contribution in [1.29, 1.82) is 0 Å². The summed E-state index contributed by atoms with van der Waals surface area (Å²) in [5.74, 6) is 0.344. The van der Waals surface area contributed by atoms with Crippen molar-refractivity contribution in [2.75, 3.05) is 13.2 Å². The molecule has 7 heteroatoms. The highest BCUT2D eigenvalue weighted by molar-refractivity contribution is 6.07. The molecule has 1 atom stereocenters. The number of hydrogen-bond acceptors (Lipinski definition) is 6. The van der Waals surface area contributed by atoms with E-state index in [4.69, 9.17) is 19.2 Å². The highest BCUT2D eigenvalue weighted by Crippen LogP contribution is 2.44. The maximum absolute atomic E-state index is 13.4. The molecule has 0 amide bonds. The molecular weight excluding hydrogens is 468 g/mol. The summed E-state index contributed by atoms with van der Waals surface area (Å²) in [5.41, 5.74) is 5.78. The Labute approximate surface area is 216 Å². The number of esters is 1. The number of aromatic nitrogens is 2. The summed E-state index contributed by atoms with van der Waals surface area (Å²) in [5, 5.41) is 12.7. The van der Waals surface area contributed by atoms with E-state index >= 15 is 0 Å². The fraction of sp³-hybridized carbons (Fsp3) is 0.367. The van der Waals surface area contributed by atoms with Crippen molar-refractivity contribution in [2.24, 2.45) is 0 Å². The lowest BCUT2D eigenvalue weighted by Gasteiger charge is -2.29. The van der Waals surface area contributed by atoms with Crippen LogP contribution < -0.4 is 9.47 Å². The Balaban J connectivity index is 1.92. The first kappa shape index (κ1) is 25.0. The lowest BCUT2D eigenvalue weighted by atomic mass is 9.86. The first-order valence-corrected chi connectivity index (χ1v) is 12.7. The van der Waals surface area contributed by atoms with Gasteiger partial charge in [0, 0.05) is 58.5 Å². The van der Waals surface area contributed by atoms with Gasteiger partial charge in [0.15, 0.2) is 6.10 Å². The predicted octanol–water partition coefficient (Wildman–Crippen LogP) is 5.55. The second-order valence-electron chi connectivity index (χ2n) is 10.5. The summed E-state index contributed by atoms with van der Waals surface area (Å²) in [6.45, 7) is 12.2. The second kappa shape index (κ2) is 9.30. The third-order valence-electron chi connectivity index (χ3n) is 6.72. The number of pyridine rings is 2. The molecule has 0 spiro atoms. The van der Waals surface area contributed by atoms with Crippen molar-refractivity contribution < 1.29 is 28.9 Å². The molecule has 5 rings (SSSR count). The first-order chi connectivity index (χ1) is 17.6. The normalized spacial score (nSPS) is 14.0. The lowest BCUT2D eigenvalue weighted by molar-refractivity contribution is -0.888. The molecule has 0 saturated carbocycles. The number of hydrogen-bond donors (Lipinski definition) is 1. The molecule has 1 aliphatic heterocycles.